The fraction of sp³-hybridized carbons (Fsp3) is 0.949. The van der Waals surface area contributed by atoms with Crippen molar-refractivity contribution in [2.45, 2.75) is 324 Å². The fourth-order valence-corrected chi connectivity index (χ4v) is 10.7. The van der Waals surface area contributed by atoms with E-state index in [1.54, 1.807) is 0 Å². The molecule has 0 spiro atoms. The van der Waals surface area contributed by atoms with Crippen LogP contribution in [0.1, 0.15) is 233 Å². The van der Waals surface area contributed by atoms with Crippen molar-refractivity contribution < 1.29 is 94.6 Å². The lowest BCUT2D eigenvalue weighted by molar-refractivity contribution is -0.339. The van der Waals surface area contributed by atoms with Gasteiger partial charge >= 0.3 is 5.97 Å². The first-order valence-electron chi connectivity index (χ1n) is 31.1. The van der Waals surface area contributed by atoms with Gasteiger partial charge in [-0.05, 0) is 18.8 Å². The molecular weight excluding hydrogens is 1040 g/mol. The van der Waals surface area contributed by atoms with E-state index < -0.39 is 142 Å². The van der Waals surface area contributed by atoms with Gasteiger partial charge < -0.3 is 90.9 Å². The first-order valence-corrected chi connectivity index (χ1v) is 31.1. The zero-order chi connectivity index (χ0) is 59.3. The van der Waals surface area contributed by atoms with Crippen LogP contribution in [0.4, 0.5) is 0 Å². The SMILES string of the molecule is CCCCCCCCCCCCCCCCCCCCC[C@@H](O)C(=O)N[C@@H](CO[C@@H]1O[C@H](CO[C@]2(C(=O)O)C[C@H](O)C(NC(=O)CO)[C@H]([C@H](O)[C@H](O)CO)O2)[C@@H](O)[C@H](O)[C@H]1O)[C@H](O)[C@H](O)CCCCCCCCCCCCC(C)C. The third-order valence-corrected chi connectivity index (χ3v) is 15.9. The number of aliphatic hydroxyl groups excluding tert-OH is 11. The predicted octanol–water partition coefficient (Wildman–Crippen LogP) is 4.68. The number of carboxylic acid groups (broad SMARTS) is 1. The second kappa shape index (κ2) is 43.4. The predicted molar refractivity (Wildman–Crippen MR) is 301 cm³/mol. The van der Waals surface area contributed by atoms with E-state index in [2.05, 4.69) is 31.4 Å². The van der Waals surface area contributed by atoms with Crippen molar-refractivity contribution in [3.8, 4) is 0 Å². The molecule has 0 bridgehead atoms. The van der Waals surface area contributed by atoms with Crippen LogP contribution in [-0.4, -0.2) is 197 Å². The number of carbonyl (C=O) groups excluding carboxylic acids is 2. The van der Waals surface area contributed by atoms with Gasteiger partial charge in [0.25, 0.3) is 5.79 Å². The van der Waals surface area contributed by atoms with Gasteiger partial charge in [-0.3, -0.25) is 9.59 Å². The van der Waals surface area contributed by atoms with Crippen LogP contribution < -0.4 is 10.6 Å². The summed E-state index contributed by atoms with van der Waals surface area (Å²) in [6.07, 6.45) is 12.2. The van der Waals surface area contributed by atoms with E-state index in [9.17, 15) is 75.7 Å². The molecule has 0 aromatic heterocycles. The van der Waals surface area contributed by atoms with E-state index in [1.165, 1.54) is 128 Å². The molecule has 2 heterocycles. The van der Waals surface area contributed by atoms with Crippen molar-refractivity contribution in [3.63, 3.8) is 0 Å². The molecule has 0 radical (unpaired) electrons. The number of amides is 2. The van der Waals surface area contributed by atoms with Gasteiger partial charge in [0.1, 0.15) is 61.5 Å². The van der Waals surface area contributed by atoms with Crippen molar-refractivity contribution in [1.82, 2.24) is 10.6 Å². The molecule has 0 aromatic rings. The van der Waals surface area contributed by atoms with Crippen LogP contribution in [0, 0.1) is 5.92 Å². The minimum Gasteiger partial charge on any atom is -0.477 e. The molecule has 2 fully saturated rings. The van der Waals surface area contributed by atoms with Gasteiger partial charge in [-0.25, -0.2) is 4.79 Å². The van der Waals surface area contributed by atoms with E-state index in [0.29, 0.717) is 12.8 Å². The van der Waals surface area contributed by atoms with Crippen LogP contribution in [-0.2, 0) is 33.3 Å². The fourth-order valence-electron chi connectivity index (χ4n) is 10.7. The second-order valence-electron chi connectivity index (χ2n) is 23.4. The lowest BCUT2D eigenvalue weighted by atomic mass is 9.88. The molecule has 2 saturated heterocycles. The zero-order valence-corrected chi connectivity index (χ0v) is 49.0. The number of nitrogens with one attached hydrogen (secondary N) is 2. The Morgan fingerprint density at radius 2 is 1.07 bits per heavy atom. The highest BCUT2D eigenvalue weighted by molar-refractivity contribution is 5.80. The second-order valence-corrected chi connectivity index (χ2v) is 23.4. The molecule has 21 nitrogen and oxygen atoms in total. The van der Waals surface area contributed by atoms with E-state index in [4.69, 9.17) is 18.9 Å². The third-order valence-electron chi connectivity index (χ3n) is 15.9. The summed E-state index contributed by atoms with van der Waals surface area (Å²) < 4.78 is 22.8. The number of ether oxygens (including phenoxy) is 4. The van der Waals surface area contributed by atoms with Crippen molar-refractivity contribution in [2.75, 3.05) is 26.4 Å². The number of hydrogen-bond acceptors (Lipinski definition) is 18. The largest absolute Gasteiger partial charge is 0.477 e. The molecule has 2 aliphatic rings. The van der Waals surface area contributed by atoms with Gasteiger partial charge in [0.05, 0.1) is 44.1 Å². The molecule has 472 valence electrons. The summed E-state index contributed by atoms with van der Waals surface area (Å²) >= 11 is 0. The number of carboxylic acids is 1. The van der Waals surface area contributed by atoms with Gasteiger partial charge in [-0.2, -0.15) is 0 Å². The average molecular weight is 1150 g/mol. The van der Waals surface area contributed by atoms with Gasteiger partial charge in [0, 0.05) is 6.42 Å². The van der Waals surface area contributed by atoms with Gasteiger partial charge in [-0.1, -0.05) is 213 Å². The zero-order valence-electron chi connectivity index (χ0n) is 49.0. The summed E-state index contributed by atoms with van der Waals surface area (Å²) in [6.45, 7) is 2.98. The van der Waals surface area contributed by atoms with Gasteiger partial charge in [-0.15, -0.1) is 0 Å². The molecule has 0 aliphatic carbocycles. The number of aliphatic hydroxyl groups is 11. The Morgan fingerprint density at radius 3 is 1.52 bits per heavy atom. The van der Waals surface area contributed by atoms with E-state index in [0.717, 1.165) is 57.3 Å². The summed E-state index contributed by atoms with van der Waals surface area (Å²) in [4.78, 5) is 38.3. The molecule has 14 N–H and O–H groups in total. The minimum atomic E-state index is -2.89. The Labute approximate surface area is 477 Å². The Balaban J connectivity index is 2.02. The molecule has 21 heteroatoms. The van der Waals surface area contributed by atoms with Crippen LogP contribution in [0.25, 0.3) is 0 Å². The third kappa shape index (κ3) is 29.1. The first kappa shape index (κ1) is 73.9. The van der Waals surface area contributed by atoms with Crippen LogP contribution in [0.3, 0.4) is 0 Å². The van der Waals surface area contributed by atoms with E-state index in [-0.39, 0.29) is 12.8 Å². The van der Waals surface area contributed by atoms with E-state index >= 15 is 0 Å². The van der Waals surface area contributed by atoms with Crippen LogP contribution in [0.15, 0.2) is 0 Å². The number of rotatable bonds is 49. The molecule has 2 rings (SSSR count). The first-order chi connectivity index (χ1) is 38.3. The van der Waals surface area contributed by atoms with Gasteiger partial charge in [0.2, 0.25) is 11.8 Å². The average Bonchev–Trinajstić information content (AvgIpc) is 3.44. The monoisotopic (exact) mass is 1150 g/mol. The Bertz CT molecular complexity index is 1590. The number of carbonyl (C=O) groups is 3. The maximum absolute atomic E-state index is 13.5. The summed E-state index contributed by atoms with van der Waals surface area (Å²) in [5.74, 6) is -5.95. The summed E-state index contributed by atoms with van der Waals surface area (Å²) in [7, 11) is 0. The minimum absolute atomic E-state index is 0.142. The summed E-state index contributed by atoms with van der Waals surface area (Å²) in [6, 6.07) is -3.03. The van der Waals surface area contributed by atoms with Crippen molar-refractivity contribution in [3.05, 3.63) is 0 Å². The molecule has 2 aliphatic heterocycles. The highest BCUT2D eigenvalue weighted by Gasteiger charge is 2.57. The summed E-state index contributed by atoms with van der Waals surface area (Å²) in [5.41, 5.74) is 0. The molecule has 0 saturated carbocycles. The standard InChI is InChI=1S/C59H112N2O19/c1-4-5-6-7-8-9-10-11-12-13-14-15-16-17-18-23-26-29-32-35-44(65)56(74)60-42(50(69)43(64)34-31-28-25-22-20-19-21-24-27-30-33-41(2)3)39-77-57-54(73)53(72)52(71)47(79-57)40-78-59(58(75)76)36-45(66)49(61-48(68)38-63)55(80-59)51(70)46(67)37-62/h41-47,49-55,57,62-67,69-73H,4-40H2,1-3H3,(H,60,74)(H,61,68)(H,75,76)/t42-,43+,44+,45-,46+,47+,49?,50-,51+,52+,53-,54+,55+,57+,59+/m0/s1. The highest BCUT2D eigenvalue weighted by atomic mass is 16.7. The Hall–Kier alpha value is -2.19. The van der Waals surface area contributed by atoms with Crippen LogP contribution >= 0.6 is 0 Å². The maximum Gasteiger partial charge on any atom is 0.364 e. The lowest BCUT2D eigenvalue weighted by Gasteiger charge is -2.47. The molecule has 80 heavy (non-hydrogen) atoms. The topological polar surface area (TPSA) is 355 Å². The number of hydrogen-bond donors (Lipinski definition) is 14. The normalized spacial score (nSPS) is 25.7. The Morgan fingerprint density at radius 1 is 0.613 bits per heavy atom. The molecule has 0 aromatic carbocycles. The number of aliphatic carboxylic acids is 1. The maximum atomic E-state index is 13.5. The van der Waals surface area contributed by atoms with Gasteiger partial charge in [0.15, 0.2) is 6.29 Å². The van der Waals surface area contributed by atoms with Crippen LogP contribution in [0.5, 0.6) is 0 Å². The molecular formula is C59H112N2O19. The Kier molecular flexibility index (Phi) is 40.1. The van der Waals surface area contributed by atoms with Crippen molar-refractivity contribution in [1.29, 1.82) is 0 Å². The number of unbranched alkanes of at least 4 members (excludes halogenated alkanes) is 27. The van der Waals surface area contributed by atoms with E-state index in [1.807, 2.05) is 0 Å². The smallest absolute Gasteiger partial charge is 0.364 e. The molecule has 2 amide bonds. The lowest BCUT2D eigenvalue weighted by Crippen LogP contribution is -2.68. The quantitative estimate of drug-likeness (QED) is 0.0368. The highest BCUT2D eigenvalue weighted by Crippen LogP contribution is 2.35. The summed E-state index contributed by atoms with van der Waals surface area (Å²) in [5, 5.41) is 132. The van der Waals surface area contributed by atoms with Crippen LogP contribution in [0.2, 0.25) is 0 Å². The molecule has 1 unspecified atom stereocenters. The van der Waals surface area contributed by atoms with Crippen molar-refractivity contribution >= 4 is 17.8 Å². The molecule has 15 atom stereocenters. The van der Waals surface area contributed by atoms with Crippen molar-refractivity contribution in [2.24, 2.45) is 5.92 Å².